The van der Waals surface area contributed by atoms with Crippen molar-refractivity contribution in [2.24, 2.45) is 0 Å². The fourth-order valence-electron chi connectivity index (χ4n) is 1.59. The zero-order valence-electron chi connectivity index (χ0n) is 10.8. The Hall–Kier alpha value is -1.33. The summed E-state index contributed by atoms with van der Waals surface area (Å²) in [5, 5.41) is 2.47. The van der Waals surface area contributed by atoms with Crippen molar-refractivity contribution in [2.45, 2.75) is 19.1 Å². The Morgan fingerprint density at radius 3 is 2.47 bits per heavy atom. The van der Waals surface area contributed by atoms with Crippen LogP contribution in [0.3, 0.4) is 0 Å². The summed E-state index contributed by atoms with van der Waals surface area (Å²) in [5.74, 6) is 0. The first-order valence-corrected chi connectivity index (χ1v) is 5.98. The zero-order chi connectivity index (χ0) is 14.3. The van der Waals surface area contributed by atoms with Gasteiger partial charge in [0.2, 0.25) is 0 Å². The molecule has 0 aliphatic carbocycles. The van der Waals surface area contributed by atoms with Crippen molar-refractivity contribution < 1.29 is 17.9 Å². The highest BCUT2D eigenvalue weighted by Gasteiger charge is 2.40. The van der Waals surface area contributed by atoms with Gasteiger partial charge in [0.25, 0.3) is 0 Å². The second-order valence-corrected chi connectivity index (χ2v) is 4.35. The predicted molar refractivity (Wildman–Crippen MR) is 68.9 cm³/mol. The van der Waals surface area contributed by atoms with E-state index in [0.717, 1.165) is 5.57 Å². The number of ether oxygens (including phenoxy) is 1. The number of hydrogen-bond donors (Lipinski definition) is 1. The van der Waals surface area contributed by atoms with Gasteiger partial charge in [-0.05, 0) is 12.5 Å². The molecule has 0 saturated carbocycles. The quantitative estimate of drug-likeness (QED) is 0.606. The van der Waals surface area contributed by atoms with E-state index < -0.39 is 12.2 Å². The monoisotopic (exact) mass is 273 g/mol. The molecule has 1 aromatic carbocycles. The highest BCUT2D eigenvalue weighted by atomic mass is 19.4. The maximum absolute atomic E-state index is 12.9. The van der Waals surface area contributed by atoms with Crippen LogP contribution in [0.4, 0.5) is 13.2 Å². The third-order valence-corrected chi connectivity index (χ3v) is 2.40. The first-order chi connectivity index (χ1) is 8.91. The van der Waals surface area contributed by atoms with E-state index in [9.17, 15) is 13.2 Å². The van der Waals surface area contributed by atoms with E-state index in [-0.39, 0.29) is 18.7 Å². The Bertz CT molecular complexity index is 389. The second kappa shape index (κ2) is 7.31. The Balaban J connectivity index is 2.51. The van der Waals surface area contributed by atoms with Crippen LogP contribution in [0.15, 0.2) is 42.5 Å². The molecule has 1 unspecified atom stereocenters. The smallest absolute Gasteiger partial charge is 0.376 e. The van der Waals surface area contributed by atoms with Crippen LogP contribution < -0.4 is 5.32 Å². The van der Waals surface area contributed by atoms with Gasteiger partial charge in [0, 0.05) is 6.54 Å². The predicted octanol–water partition coefficient (Wildman–Crippen LogP) is 3.47. The Morgan fingerprint density at radius 2 is 1.95 bits per heavy atom. The summed E-state index contributed by atoms with van der Waals surface area (Å²) in [5.41, 5.74) is 1.05. The van der Waals surface area contributed by atoms with E-state index in [1.165, 1.54) is 12.1 Å². The van der Waals surface area contributed by atoms with Crippen LogP contribution in [0.1, 0.15) is 18.5 Å². The van der Waals surface area contributed by atoms with E-state index in [4.69, 9.17) is 4.74 Å². The molecule has 1 atom stereocenters. The van der Waals surface area contributed by atoms with E-state index in [1.54, 1.807) is 25.1 Å². The van der Waals surface area contributed by atoms with Gasteiger partial charge in [-0.2, -0.15) is 13.2 Å². The first kappa shape index (κ1) is 15.7. The molecule has 0 aliphatic rings. The molecule has 1 aromatic rings. The summed E-state index contributed by atoms with van der Waals surface area (Å²) in [6, 6.07) is 6.12. The number of hydrogen-bond acceptors (Lipinski definition) is 2. The summed E-state index contributed by atoms with van der Waals surface area (Å²) in [7, 11) is 0. The van der Waals surface area contributed by atoms with Crippen LogP contribution in [-0.2, 0) is 4.74 Å². The molecule has 0 heterocycles. The van der Waals surface area contributed by atoms with Gasteiger partial charge in [-0.25, -0.2) is 0 Å². The summed E-state index contributed by atoms with van der Waals surface area (Å²) < 4.78 is 43.9. The topological polar surface area (TPSA) is 21.3 Å². The molecule has 0 saturated heterocycles. The molecular weight excluding hydrogens is 255 g/mol. The molecule has 1 N–H and O–H groups in total. The largest absolute Gasteiger partial charge is 0.407 e. The van der Waals surface area contributed by atoms with Crippen LogP contribution >= 0.6 is 0 Å². The van der Waals surface area contributed by atoms with Crippen molar-refractivity contribution >= 4 is 0 Å². The molecule has 0 aromatic heterocycles. The minimum atomic E-state index is -4.32. The zero-order valence-corrected chi connectivity index (χ0v) is 10.8. The molecular formula is C14H18F3NO. The van der Waals surface area contributed by atoms with Gasteiger partial charge < -0.3 is 10.1 Å². The van der Waals surface area contributed by atoms with E-state index in [0.29, 0.717) is 6.61 Å². The van der Waals surface area contributed by atoms with Crippen LogP contribution in [0.25, 0.3) is 0 Å². The van der Waals surface area contributed by atoms with E-state index in [1.807, 2.05) is 0 Å². The molecule has 5 heteroatoms. The van der Waals surface area contributed by atoms with Gasteiger partial charge in [-0.3, -0.25) is 0 Å². The summed E-state index contributed by atoms with van der Waals surface area (Å²) >= 11 is 0. The van der Waals surface area contributed by atoms with Gasteiger partial charge in [-0.15, -0.1) is 0 Å². The molecule has 0 fully saturated rings. The van der Waals surface area contributed by atoms with E-state index >= 15 is 0 Å². The number of nitrogens with one attached hydrogen (secondary N) is 1. The van der Waals surface area contributed by atoms with Crippen molar-refractivity contribution in [3.8, 4) is 0 Å². The fourth-order valence-corrected chi connectivity index (χ4v) is 1.59. The average Bonchev–Trinajstić information content (AvgIpc) is 2.32. The fraction of sp³-hybridized carbons (Fsp3) is 0.429. The van der Waals surface area contributed by atoms with Crippen molar-refractivity contribution in [3.05, 3.63) is 48.0 Å². The molecule has 106 valence electrons. The van der Waals surface area contributed by atoms with Crippen molar-refractivity contribution in [1.82, 2.24) is 5.32 Å². The van der Waals surface area contributed by atoms with Crippen LogP contribution in [0.5, 0.6) is 0 Å². The second-order valence-electron chi connectivity index (χ2n) is 4.35. The van der Waals surface area contributed by atoms with Gasteiger partial charge in [0.05, 0.1) is 13.2 Å². The molecule has 0 spiro atoms. The van der Waals surface area contributed by atoms with Crippen molar-refractivity contribution in [2.75, 3.05) is 19.8 Å². The third-order valence-electron chi connectivity index (χ3n) is 2.40. The molecule has 2 nitrogen and oxygen atoms in total. The maximum Gasteiger partial charge on any atom is 0.407 e. The number of halogens is 3. The SMILES string of the molecule is C=C(C)COCCNC(c1ccccc1)C(F)(F)F. The van der Waals surface area contributed by atoms with Crippen LogP contribution in [0.2, 0.25) is 0 Å². The Labute approximate surface area is 111 Å². The highest BCUT2D eigenvalue weighted by molar-refractivity contribution is 5.20. The lowest BCUT2D eigenvalue weighted by molar-refractivity contribution is -0.158. The molecule has 1 rings (SSSR count). The lowest BCUT2D eigenvalue weighted by atomic mass is 10.1. The molecule has 0 amide bonds. The first-order valence-electron chi connectivity index (χ1n) is 5.98. The lowest BCUT2D eigenvalue weighted by Crippen LogP contribution is -2.36. The van der Waals surface area contributed by atoms with Crippen molar-refractivity contribution in [3.63, 3.8) is 0 Å². The van der Waals surface area contributed by atoms with Gasteiger partial charge in [-0.1, -0.05) is 42.5 Å². The third kappa shape index (κ3) is 5.89. The number of alkyl halides is 3. The summed E-state index contributed by atoms with van der Waals surface area (Å²) in [6.07, 6.45) is -4.32. The number of benzene rings is 1. The van der Waals surface area contributed by atoms with E-state index in [2.05, 4.69) is 11.9 Å². The molecule has 0 radical (unpaired) electrons. The molecule has 0 aliphatic heterocycles. The average molecular weight is 273 g/mol. The minimum Gasteiger partial charge on any atom is -0.376 e. The highest BCUT2D eigenvalue weighted by Crippen LogP contribution is 2.32. The normalized spacial score (nSPS) is 13.3. The van der Waals surface area contributed by atoms with Gasteiger partial charge in [0.15, 0.2) is 0 Å². The Kier molecular flexibility index (Phi) is 6.05. The van der Waals surface area contributed by atoms with Gasteiger partial charge in [0.1, 0.15) is 6.04 Å². The summed E-state index contributed by atoms with van der Waals surface area (Å²) in [4.78, 5) is 0. The summed E-state index contributed by atoms with van der Waals surface area (Å²) in [6.45, 7) is 6.16. The lowest BCUT2D eigenvalue weighted by Gasteiger charge is -2.22. The number of rotatable bonds is 7. The molecule has 0 bridgehead atoms. The standard InChI is InChI=1S/C14H18F3NO/c1-11(2)10-19-9-8-18-13(14(15,16)17)12-6-4-3-5-7-12/h3-7,13,18H,1,8-10H2,2H3. The van der Waals surface area contributed by atoms with Crippen molar-refractivity contribution in [1.29, 1.82) is 0 Å². The minimum absolute atomic E-state index is 0.131. The maximum atomic E-state index is 12.9. The van der Waals surface area contributed by atoms with Gasteiger partial charge >= 0.3 is 6.18 Å². The van der Waals surface area contributed by atoms with Crippen LogP contribution in [0, 0.1) is 0 Å². The Morgan fingerprint density at radius 1 is 1.32 bits per heavy atom. The van der Waals surface area contributed by atoms with Crippen LogP contribution in [-0.4, -0.2) is 25.9 Å². The molecule has 19 heavy (non-hydrogen) atoms.